The highest BCUT2D eigenvalue weighted by Gasteiger charge is 2.33. The van der Waals surface area contributed by atoms with Crippen LogP contribution in [-0.2, 0) is 15.8 Å². The fraction of sp³-hybridized carbons (Fsp3) is 0.231. The highest BCUT2D eigenvalue weighted by atomic mass is 35.5. The summed E-state index contributed by atoms with van der Waals surface area (Å²) in [5, 5.41) is 1.83. The van der Waals surface area contributed by atoms with Crippen molar-refractivity contribution in [1.29, 1.82) is 0 Å². The summed E-state index contributed by atoms with van der Waals surface area (Å²) in [4.78, 5) is 22.2. The van der Waals surface area contributed by atoms with Crippen LogP contribution in [0, 0.1) is 0 Å². The molecule has 114 valence electrons. The van der Waals surface area contributed by atoms with Gasteiger partial charge in [-0.2, -0.15) is 13.2 Å². The van der Waals surface area contributed by atoms with Crippen LogP contribution in [0.4, 0.5) is 13.2 Å². The van der Waals surface area contributed by atoms with E-state index in [-0.39, 0.29) is 5.56 Å². The van der Waals surface area contributed by atoms with E-state index in [0.717, 1.165) is 18.2 Å². The molecule has 0 saturated carbocycles. The number of benzene rings is 1. The number of nitrogens with one attached hydrogen (secondary N) is 1. The fourth-order valence-corrected chi connectivity index (χ4v) is 1.59. The molecule has 2 amide bonds. The van der Waals surface area contributed by atoms with Crippen molar-refractivity contribution in [3.05, 3.63) is 40.4 Å². The first-order valence-electron chi connectivity index (χ1n) is 5.76. The quantitative estimate of drug-likeness (QED) is 0.836. The van der Waals surface area contributed by atoms with Gasteiger partial charge in [0.2, 0.25) is 11.8 Å². The molecular formula is C13H12ClF3N2O2. The van der Waals surface area contributed by atoms with Gasteiger partial charge in [-0.15, -0.1) is 0 Å². The van der Waals surface area contributed by atoms with Gasteiger partial charge in [0.05, 0.1) is 10.6 Å². The van der Waals surface area contributed by atoms with Crippen molar-refractivity contribution in [2.45, 2.75) is 19.1 Å². The second kappa shape index (κ2) is 6.62. The molecule has 0 fully saturated rings. The molecule has 1 aromatic carbocycles. The molecule has 21 heavy (non-hydrogen) atoms. The number of amides is 2. The molecule has 0 radical (unpaired) electrons. The van der Waals surface area contributed by atoms with Gasteiger partial charge in [0.1, 0.15) is 6.04 Å². The molecule has 0 heterocycles. The Kier molecular flexibility index (Phi) is 5.37. The van der Waals surface area contributed by atoms with Crippen LogP contribution in [0.25, 0.3) is 6.08 Å². The summed E-state index contributed by atoms with van der Waals surface area (Å²) in [6, 6.07) is 2.37. The molecule has 1 aromatic rings. The number of nitrogens with two attached hydrogens (primary N) is 1. The van der Waals surface area contributed by atoms with Crippen LogP contribution in [0.1, 0.15) is 18.1 Å². The largest absolute Gasteiger partial charge is 0.417 e. The molecule has 1 unspecified atom stereocenters. The fourth-order valence-electron chi connectivity index (χ4n) is 1.37. The van der Waals surface area contributed by atoms with Crippen molar-refractivity contribution >= 4 is 29.5 Å². The first kappa shape index (κ1) is 17.0. The SMILES string of the molecule is CC(NC(=O)/C=C/c1ccc(Cl)c(C(F)(F)F)c1)C(N)=O. The van der Waals surface area contributed by atoms with E-state index in [1.807, 2.05) is 0 Å². The maximum atomic E-state index is 12.6. The Bertz CT molecular complexity index is 585. The van der Waals surface area contributed by atoms with E-state index in [4.69, 9.17) is 17.3 Å². The third-order valence-corrected chi connectivity index (χ3v) is 2.84. The second-order valence-corrected chi connectivity index (χ2v) is 4.61. The van der Waals surface area contributed by atoms with Crippen molar-refractivity contribution in [2.24, 2.45) is 5.73 Å². The number of alkyl halides is 3. The van der Waals surface area contributed by atoms with E-state index in [0.29, 0.717) is 0 Å². The van der Waals surface area contributed by atoms with Crippen molar-refractivity contribution in [3.63, 3.8) is 0 Å². The zero-order valence-corrected chi connectivity index (χ0v) is 11.6. The average molecular weight is 321 g/mol. The highest BCUT2D eigenvalue weighted by Crippen LogP contribution is 2.35. The van der Waals surface area contributed by atoms with Gasteiger partial charge in [0.15, 0.2) is 0 Å². The number of primary amides is 1. The van der Waals surface area contributed by atoms with Gasteiger partial charge in [0, 0.05) is 6.08 Å². The maximum absolute atomic E-state index is 12.6. The zero-order valence-electron chi connectivity index (χ0n) is 10.9. The molecular weight excluding hydrogens is 309 g/mol. The second-order valence-electron chi connectivity index (χ2n) is 4.20. The summed E-state index contributed by atoms with van der Waals surface area (Å²) < 4.78 is 37.9. The minimum absolute atomic E-state index is 0.147. The van der Waals surface area contributed by atoms with Crippen molar-refractivity contribution in [2.75, 3.05) is 0 Å². The lowest BCUT2D eigenvalue weighted by atomic mass is 10.1. The Morgan fingerprint density at radius 3 is 2.52 bits per heavy atom. The Balaban J connectivity index is 2.86. The molecule has 0 spiro atoms. The highest BCUT2D eigenvalue weighted by molar-refractivity contribution is 6.31. The van der Waals surface area contributed by atoms with E-state index in [9.17, 15) is 22.8 Å². The summed E-state index contributed by atoms with van der Waals surface area (Å²) >= 11 is 5.47. The molecule has 1 rings (SSSR count). The molecule has 0 aliphatic heterocycles. The van der Waals surface area contributed by atoms with E-state index < -0.39 is 34.6 Å². The van der Waals surface area contributed by atoms with E-state index in [1.165, 1.54) is 19.1 Å². The normalized spacial score (nSPS) is 13.2. The van der Waals surface area contributed by atoms with Crippen molar-refractivity contribution < 1.29 is 22.8 Å². The predicted molar refractivity (Wildman–Crippen MR) is 72.3 cm³/mol. The van der Waals surface area contributed by atoms with Crippen LogP contribution < -0.4 is 11.1 Å². The molecule has 1 atom stereocenters. The number of carbonyl (C=O) groups is 2. The zero-order chi connectivity index (χ0) is 16.2. The monoisotopic (exact) mass is 320 g/mol. The molecule has 0 aliphatic carbocycles. The Morgan fingerprint density at radius 2 is 2.00 bits per heavy atom. The molecule has 0 aliphatic rings. The van der Waals surface area contributed by atoms with Crippen molar-refractivity contribution in [1.82, 2.24) is 5.32 Å². The third-order valence-electron chi connectivity index (χ3n) is 2.51. The lowest BCUT2D eigenvalue weighted by Crippen LogP contribution is -2.41. The molecule has 8 heteroatoms. The lowest BCUT2D eigenvalue weighted by molar-refractivity contribution is -0.137. The standard InChI is InChI=1S/C13H12ClF3N2O2/c1-7(12(18)21)19-11(20)5-3-8-2-4-10(14)9(6-8)13(15,16)17/h2-7H,1H3,(H2,18,21)(H,19,20)/b5-3+. The minimum atomic E-state index is -4.58. The molecule has 3 N–H and O–H groups in total. The van der Waals surface area contributed by atoms with Crippen LogP contribution in [0.3, 0.4) is 0 Å². The van der Waals surface area contributed by atoms with Crippen LogP contribution in [0.5, 0.6) is 0 Å². The van der Waals surface area contributed by atoms with Crippen LogP contribution in [0.2, 0.25) is 5.02 Å². The Hall–Kier alpha value is -2.02. The Labute approximate surface area is 123 Å². The maximum Gasteiger partial charge on any atom is 0.417 e. The summed E-state index contributed by atoms with van der Waals surface area (Å²) in [7, 11) is 0. The number of rotatable bonds is 4. The van der Waals surface area contributed by atoms with Gasteiger partial charge in [-0.1, -0.05) is 17.7 Å². The van der Waals surface area contributed by atoms with Crippen LogP contribution in [0.15, 0.2) is 24.3 Å². The Morgan fingerprint density at radius 1 is 1.38 bits per heavy atom. The molecule has 0 aromatic heterocycles. The van der Waals surface area contributed by atoms with Crippen molar-refractivity contribution in [3.8, 4) is 0 Å². The third kappa shape index (κ3) is 5.11. The topological polar surface area (TPSA) is 72.2 Å². The smallest absolute Gasteiger partial charge is 0.368 e. The summed E-state index contributed by atoms with van der Waals surface area (Å²) in [6.45, 7) is 1.39. The van der Waals surface area contributed by atoms with Gasteiger partial charge < -0.3 is 11.1 Å². The van der Waals surface area contributed by atoms with E-state index in [1.54, 1.807) is 0 Å². The van der Waals surface area contributed by atoms with Gasteiger partial charge in [-0.25, -0.2) is 0 Å². The van der Waals surface area contributed by atoms with Gasteiger partial charge in [-0.05, 0) is 30.7 Å². The number of hydrogen-bond donors (Lipinski definition) is 2. The first-order valence-corrected chi connectivity index (χ1v) is 6.13. The summed E-state index contributed by atoms with van der Waals surface area (Å²) in [5.41, 5.74) is 4.12. The number of carbonyl (C=O) groups excluding carboxylic acids is 2. The molecule has 4 nitrogen and oxygen atoms in total. The predicted octanol–water partition coefficient (Wildman–Crippen LogP) is 2.36. The molecule has 0 bridgehead atoms. The van der Waals surface area contributed by atoms with Crippen LogP contribution >= 0.6 is 11.6 Å². The van der Waals surface area contributed by atoms with E-state index >= 15 is 0 Å². The number of hydrogen-bond acceptors (Lipinski definition) is 2. The van der Waals surface area contributed by atoms with E-state index in [2.05, 4.69) is 5.32 Å². The van der Waals surface area contributed by atoms with Gasteiger partial charge in [-0.3, -0.25) is 9.59 Å². The number of halogens is 4. The van der Waals surface area contributed by atoms with Gasteiger partial charge in [0.25, 0.3) is 0 Å². The summed E-state index contributed by atoms with van der Waals surface area (Å²) in [5.74, 6) is -1.37. The molecule has 0 saturated heterocycles. The first-order chi connectivity index (χ1) is 9.61. The minimum Gasteiger partial charge on any atom is -0.368 e. The van der Waals surface area contributed by atoms with Crippen LogP contribution in [-0.4, -0.2) is 17.9 Å². The lowest BCUT2D eigenvalue weighted by Gasteiger charge is -2.09. The van der Waals surface area contributed by atoms with Gasteiger partial charge >= 0.3 is 6.18 Å². The summed E-state index contributed by atoms with van der Waals surface area (Å²) in [6.07, 6.45) is -2.40. The average Bonchev–Trinajstić information content (AvgIpc) is 2.36.